The molecule has 1 N–H and O–H groups in total. The maximum absolute atomic E-state index is 12.8. The van der Waals surface area contributed by atoms with Crippen LogP contribution in [0.4, 0.5) is 0 Å². The molecule has 1 atom stereocenters. The number of benzene rings is 1. The number of hydrogen-bond acceptors (Lipinski definition) is 4. The van der Waals surface area contributed by atoms with Gasteiger partial charge in [-0.3, -0.25) is 9.59 Å². The number of carbonyl (C=O) groups is 2. The first-order valence-electron chi connectivity index (χ1n) is 9.81. The molecule has 2 fully saturated rings. The molecule has 4 rings (SSSR count). The highest BCUT2D eigenvalue weighted by Crippen LogP contribution is 2.32. The molecule has 0 unspecified atom stereocenters. The lowest BCUT2D eigenvalue weighted by molar-refractivity contribution is -0.917. The first kappa shape index (κ1) is 18.1. The Morgan fingerprint density at radius 3 is 2.67 bits per heavy atom. The van der Waals surface area contributed by atoms with Gasteiger partial charge in [0.05, 0.1) is 32.1 Å². The quantitative estimate of drug-likeness (QED) is 0.800. The van der Waals surface area contributed by atoms with Crippen LogP contribution in [0.5, 0.6) is 11.5 Å². The summed E-state index contributed by atoms with van der Waals surface area (Å²) in [6.45, 7) is 9.15. The molecular formula is C20H28N3O4+. The molecule has 7 heteroatoms. The van der Waals surface area contributed by atoms with Gasteiger partial charge in [0.2, 0.25) is 18.6 Å². The Morgan fingerprint density at radius 2 is 1.96 bits per heavy atom. The number of amides is 2. The molecule has 3 aliphatic heterocycles. The van der Waals surface area contributed by atoms with Crippen LogP contribution in [-0.4, -0.2) is 67.2 Å². The van der Waals surface area contributed by atoms with E-state index in [4.69, 9.17) is 9.47 Å². The molecule has 1 aromatic carbocycles. The molecular weight excluding hydrogens is 346 g/mol. The van der Waals surface area contributed by atoms with Crippen LogP contribution < -0.4 is 14.4 Å². The Labute approximate surface area is 159 Å². The smallest absolute Gasteiger partial charge is 0.231 e. The van der Waals surface area contributed by atoms with E-state index in [1.165, 1.54) is 10.5 Å². The lowest BCUT2D eigenvalue weighted by Crippen LogP contribution is -3.13. The number of nitrogens with zero attached hydrogens (tertiary/aromatic N) is 2. The van der Waals surface area contributed by atoms with Gasteiger partial charge in [0.1, 0.15) is 6.54 Å². The standard InChI is InChI=1S/C20H27N3O4/c1-14(2)23-12-16(10-19(23)24)20(25)22-7-5-21(6-8-22)11-15-3-4-17-18(9-15)27-13-26-17/h3-4,9,14,16H,5-8,10-13H2,1-2H3/p+1/t16-/m0/s1. The summed E-state index contributed by atoms with van der Waals surface area (Å²) >= 11 is 0. The molecule has 2 amide bonds. The third kappa shape index (κ3) is 3.74. The van der Waals surface area contributed by atoms with Crippen molar-refractivity contribution in [2.24, 2.45) is 5.92 Å². The van der Waals surface area contributed by atoms with Gasteiger partial charge >= 0.3 is 0 Å². The molecule has 0 spiro atoms. The second kappa shape index (κ2) is 7.38. The van der Waals surface area contributed by atoms with E-state index in [2.05, 4.69) is 12.1 Å². The summed E-state index contributed by atoms with van der Waals surface area (Å²) in [7, 11) is 0. The molecule has 1 aromatic rings. The van der Waals surface area contributed by atoms with Gasteiger partial charge in [-0.2, -0.15) is 0 Å². The number of fused-ring (bicyclic) bond motifs is 1. The highest BCUT2D eigenvalue weighted by Gasteiger charge is 2.38. The predicted octanol–water partition coefficient (Wildman–Crippen LogP) is -0.101. The van der Waals surface area contributed by atoms with Crippen molar-refractivity contribution in [2.75, 3.05) is 39.5 Å². The molecule has 0 aromatic heterocycles. The third-order valence-corrected chi connectivity index (χ3v) is 5.80. The molecule has 27 heavy (non-hydrogen) atoms. The Morgan fingerprint density at radius 1 is 1.22 bits per heavy atom. The zero-order valence-electron chi connectivity index (χ0n) is 16.1. The Bertz CT molecular complexity index is 728. The average molecular weight is 374 g/mol. The summed E-state index contributed by atoms with van der Waals surface area (Å²) in [5, 5.41) is 0. The zero-order chi connectivity index (χ0) is 19.0. The number of nitrogens with one attached hydrogen (secondary N) is 1. The van der Waals surface area contributed by atoms with Crippen LogP contribution in [0.3, 0.4) is 0 Å². The van der Waals surface area contributed by atoms with E-state index in [1.807, 2.05) is 29.7 Å². The Hall–Kier alpha value is -2.28. The topological polar surface area (TPSA) is 63.5 Å². The third-order valence-electron chi connectivity index (χ3n) is 5.80. The number of likely N-dealkylation sites (tertiary alicyclic amines) is 1. The van der Waals surface area contributed by atoms with Gasteiger partial charge in [-0.25, -0.2) is 0 Å². The van der Waals surface area contributed by atoms with Crippen molar-refractivity contribution < 1.29 is 24.0 Å². The molecule has 0 aliphatic carbocycles. The van der Waals surface area contributed by atoms with Crippen LogP contribution in [0.2, 0.25) is 0 Å². The first-order valence-corrected chi connectivity index (χ1v) is 9.81. The fourth-order valence-electron chi connectivity index (χ4n) is 4.21. The van der Waals surface area contributed by atoms with Crippen LogP contribution in [-0.2, 0) is 16.1 Å². The molecule has 3 heterocycles. The molecule has 0 bridgehead atoms. The van der Waals surface area contributed by atoms with E-state index in [1.54, 1.807) is 0 Å². The molecule has 146 valence electrons. The van der Waals surface area contributed by atoms with Crippen molar-refractivity contribution in [3.8, 4) is 11.5 Å². The van der Waals surface area contributed by atoms with Crippen molar-refractivity contribution in [3.05, 3.63) is 23.8 Å². The van der Waals surface area contributed by atoms with Crippen LogP contribution in [0, 0.1) is 5.92 Å². The molecule has 3 aliphatic rings. The lowest BCUT2D eigenvalue weighted by atomic mass is 10.1. The highest BCUT2D eigenvalue weighted by atomic mass is 16.7. The minimum atomic E-state index is -0.171. The number of quaternary nitrogens is 1. The summed E-state index contributed by atoms with van der Waals surface area (Å²) in [4.78, 5) is 30.1. The fourth-order valence-corrected chi connectivity index (χ4v) is 4.21. The number of hydrogen-bond donors (Lipinski definition) is 1. The van der Waals surface area contributed by atoms with Crippen LogP contribution in [0.25, 0.3) is 0 Å². The van der Waals surface area contributed by atoms with E-state index in [-0.39, 0.29) is 23.8 Å². The number of piperazine rings is 1. The Kier molecular flexibility index (Phi) is 4.95. The van der Waals surface area contributed by atoms with E-state index in [0.717, 1.165) is 44.2 Å². The Balaban J connectivity index is 1.29. The van der Waals surface area contributed by atoms with Crippen LogP contribution >= 0.6 is 0 Å². The van der Waals surface area contributed by atoms with E-state index >= 15 is 0 Å². The van der Waals surface area contributed by atoms with Crippen LogP contribution in [0.15, 0.2) is 18.2 Å². The summed E-state index contributed by atoms with van der Waals surface area (Å²) in [5.74, 6) is 1.71. The summed E-state index contributed by atoms with van der Waals surface area (Å²) in [6, 6.07) is 6.27. The maximum Gasteiger partial charge on any atom is 0.231 e. The summed E-state index contributed by atoms with van der Waals surface area (Å²) < 4.78 is 10.8. The largest absolute Gasteiger partial charge is 0.454 e. The second-order valence-corrected chi connectivity index (χ2v) is 7.98. The average Bonchev–Trinajstić information content (AvgIpc) is 3.27. The zero-order valence-corrected chi connectivity index (χ0v) is 16.1. The predicted molar refractivity (Wildman–Crippen MR) is 98.5 cm³/mol. The second-order valence-electron chi connectivity index (χ2n) is 7.98. The molecule has 0 saturated carbocycles. The van der Waals surface area contributed by atoms with E-state index in [9.17, 15) is 9.59 Å². The van der Waals surface area contributed by atoms with Crippen LogP contribution in [0.1, 0.15) is 25.8 Å². The molecule has 0 radical (unpaired) electrons. The van der Waals surface area contributed by atoms with Gasteiger partial charge in [-0.1, -0.05) is 0 Å². The van der Waals surface area contributed by atoms with Crippen molar-refractivity contribution in [1.82, 2.24) is 9.80 Å². The van der Waals surface area contributed by atoms with Gasteiger partial charge < -0.3 is 24.2 Å². The van der Waals surface area contributed by atoms with Crippen molar-refractivity contribution in [3.63, 3.8) is 0 Å². The normalized spacial score (nSPS) is 22.8. The summed E-state index contributed by atoms with van der Waals surface area (Å²) in [5.41, 5.74) is 1.22. The number of carbonyl (C=O) groups excluding carboxylic acids is 2. The van der Waals surface area contributed by atoms with Crippen molar-refractivity contribution in [1.29, 1.82) is 0 Å². The van der Waals surface area contributed by atoms with Crippen molar-refractivity contribution >= 4 is 11.8 Å². The molecule has 7 nitrogen and oxygen atoms in total. The van der Waals surface area contributed by atoms with Gasteiger partial charge in [0, 0.05) is 24.6 Å². The SMILES string of the molecule is CC(C)N1C[C@@H](C(=O)N2CC[NH+](Cc3ccc4c(c3)OCO4)CC2)CC1=O. The lowest BCUT2D eigenvalue weighted by Gasteiger charge is -2.33. The van der Waals surface area contributed by atoms with Crippen molar-refractivity contribution in [2.45, 2.75) is 32.9 Å². The molecule has 2 saturated heterocycles. The minimum Gasteiger partial charge on any atom is -0.454 e. The van der Waals surface area contributed by atoms with Gasteiger partial charge in [0.15, 0.2) is 11.5 Å². The minimum absolute atomic E-state index is 0.107. The fraction of sp³-hybridized carbons (Fsp3) is 0.600. The van der Waals surface area contributed by atoms with Gasteiger partial charge in [-0.05, 0) is 32.0 Å². The first-order chi connectivity index (χ1) is 13.0. The van der Waals surface area contributed by atoms with Gasteiger partial charge in [0.25, 0.3) is 0 Å². The maximum atomic E-state index is 12.8. The monoisotopic (exact) mass is 374 g/mol. The van der Waals surface area contributed by atoms with E-state index in [0.29, 0.717) is 19.8 Å². The highest BCUT2D eigenvalue weighted by molar-refractivity contribution is 5.89. The summed E-state index contributed by atoms with van der Waals surface area (Å²) in [6.07, 6.45) is 0.362. The number of ether oxygens (including phenoxy) is 2. The van der Waals surface area contributed by atoms with Gasteiger partial charge in [-0.15, -0.1) is 0 Å². The van der Waals surface area contributed by atoms with E-state index < -0.39 is 0 Å². The number of rotatable bonds is 4.